The number of hydrogen-bond acceptors (Lipinski definition) is 5. The standard InChI is InChI=1S/C18H27N3O5/c1-3-4-9-26-14-7-5-13(6-8-14)11-20-16(22)10-15(19)17(23)21-12(2)18(24)25/h5-8,12,15H,3-4,9-11,19H2,1-2H3,(H,20,22)(H,21,23)(H,24,25)/t12-,15?/m1/s1. The smallest absolute Gasteiger partial charge is 0.325 e. The van der Waals surface area contributed by atoms with Gasteiger partial charge in [-0.05, 0) is 31.0 Å². The van der Waals surface area contributed by atoms with Crippen LogP contribution in [0, 0.1) is 0 Å². The van der Waals surface area contributed by atoms with E-state index in [2.05, 4.69) is 17.6 Å². The number of nitrogens with two attached hydrogens (primary N) is 1. The molecule has 0 heterocycles. The topological polar surface area (TPSA) is 131 Å². The van der Waals surface area contributed by atoms with Crippen molar-refractivity contribution < 1.29 is 24.2 Å². The number of hydrogen-bond donors (Lipinski definition) is 4. The van der Waals surface area contributed by atoms with Gasteiger partial charge in [-0.25, -0.2) is 0 Å². The zero-order valence-electron chi connectivity index (χ0n) is 15.2. The monoisotopic (exact) mass is 365 g/mol. The minimum atomic E-state index is -1.17. The fourth-order valence-electron chi connectivity index (χ4n) is 1.99. The van der Waals surface area contributed by atoms with E-state index < -0.39 is 24.0 Å². The van der Waals surface area contributed by atoms with Gasteiger partial charge in [-0.2, -0.15) is 0 Å². The molecule has 0 saturated heterocycles. The lowest BCUT2D eigenvalue weighted by atomic mass is 10.1. The fraction of sp³-hybridized carbons (Fsp3) is 0.500. The number of nitrogens with one attached hydrogen (secondary N) is 2. The lowest BCUT2D eigenvalue weighted by molar-refractivity contribution is -0.141. The van der Waals surface area contributed by atoms with E-state index in [9.17, 15) is 14.4 Å². The van der Waals surface area contributed by atoms with E-state index in [0.29, 0.717) is 13.2 Å². The number of carboxylic acids is 1. The summed E-state index contributed by atoms with van der Waals surface area (Å²) in [6, 6.07) is 5.21. The highest BCUT2D eigenvalue weighted by Crippen LogP contribution is 2.12. The molecule has 0 fully saturated rings. The summed E-state index contributed by atoms with van der Waals surface area (Å²) in [5.41, 5.74) is 6.52. The number of amides is 2. The SMILES string of the molecule is CCCCOc1ccc(CNC(=O)CC(N)C(=O)N[C@H](C)C(=O)O)cc1. The number of aliphatic carboxylic acids is 1. The molecule has 1 unspecified atom stereocenters. The molecule has 1 aromatic carbocycles. The van der Waals surface area contributed by atoms with Crippen molar-refractivity contribution in [2.24, 2.45) is 5.73 Å². The molecule has 0 aliphatic heterocycles. The maximum Gasteiger partial charge on any atom is 0.325 e. The molecular weight excluding hydrogens is 338 g/mol. The molecule has 0 aliphatic rings. The summed E-state index contributed by atoms with van der Waals surface area (Å²) < 4.78 is 5.56. The van der Waals surface area contributed by atoms with Crippen molar-refractivity contribution in [3.8, 4) is 5.75 Å². The number of benzene rings is 1. The van der Waals surface area contributed by atoms with Crippen molar-refractivity contribution in [2.75, 3.05) is 6.61 Å². The largest absolute Gasteiger partial charge is 0.494 e. The van der Waals surface area contributed by atoms with Gasteiger partial charge in [-0.1, -0.05) is 25.5 Å². The van der Waals surface area contributed by atoms with E-state index in [1.54, 1.807) is 0 Å². The molecule has 1 aromatic rings. The first kappa shape index (κ1) is 21.4. The number of carbonyl (C=O) groups is 3. The van der Waals surface area contributed by atoms with Crippen LogP contribution in [0.15, 0.2) is 24.3 Å². The molecule has 5 N–H and O–H groups in total. The number of ether oxygens (including phenoxy) is 1. The van der Waals surface area contributed by atoms with E-state index in [-0.39, 0.29) is 12.3 Å². The van der Waals surface area contributed by atoms with Gasteiger partial charge < -0.3 is 26.2 Å². The van der Waals surface area contributed by atoms with Crippen LogP contribution < -0.4 is 21.1 Å². The molecule has 2 amide bonds. The molecule has 8 nitrogen and oxygen atoms in total. The molecule has 0 bridgehead atoms. The maximum atomic E-state index is 11.9. The lowest BCUT2D eigenvalue weighted by Gasteiger charge is -2.14. The van der Waals surface area contributed by atoms with Gasteiger partial charge in [0.05, 0.1) is 19.1 Å². The average molecular weight is 365 g/mol. The highest BCUT2D eigenvalue weighted by molar-refractivity contribution is 5.90. The predicted molar refractivity (Wildman–Crippen MR) is 96.5 cm³/mol. The summed E-state index contributed by atoms with van der Waals surface area (Å²) in [4.78, 5) is 34.3. The summed E-state index contributed by atoms with van der Waals surface area (Å²) in [5, 5.41) is 13.6. The third kappa shape index (κ3) is 7.98. The van der Waals surface area contributed by atoms with Crippen molar-refractivity contribution in [1.82, 2.24) is 10.6 Å². The third-order valence-corrected chi connectivity index (χ3v) is 3.65. The van der Waals surface area contributed by atoms with E-state index in [0.717, 1.165) is 24.2 Å². The maximum absolute atomic E-state index is 11.9. The summed E-state index contributed by atoms with van der Waals surface area (Å²) in [5.74, 6) is -1.46. The third-order valence-electron chi connectivity index (χ3n) is 3.65. The van der Waals surface area contributed by atoms with Gasteiger partial charge in [0.15, 0.2) is 0 Å². The molecule has 0 radical (unpaired) electrons. The Labute approximate surface area is 153 Å². The van der Waals surface area contributed by atoms with Crippen LogP contribution in [0.1, 0.15) is 38.7 Å². The normalized spacial score (nSPS) is 12.7. The molecule has 0 aromatic heterocycles. The van der Waals surface area contributed by atoms with Crippen LogP contribution in [0.4, 0.5) is 0 Å². The van der Waals surface area contributed by atoms with Crippen LogP contribution in [0.2, 0.25) is 0 Å². The van der Waals surface area contributed by atoms with Crippen molar-refractivity contribution >= 4 is 17.8 Å². The van der Waals surface area contributed by atoms with E-state index in [4.69, 9.17) is 15.6 Å². The van der Waals surface area contributed by atoms with E-state index in [1.165, 1.54) is 6.92 Å². The van der Waals surface area contributed by atoms with Crippen molar-refractivity contribution in [3.63, 3.8) is 0 Å². The Kier molecular flexibility index (Phi) is 9.14. The molecule has 2 atom stereocenters. The first-order chi connectivity index (χ1) is 12.3. The minimum absolute atomic E-state index is 0.226. The average Bonchev–Trinajstić information content (AvgIpc) is 2.61. The first-order valence-electron chi connectivity index (χ1n) is 8.60. The Morgan fingerprint density at radius 3 is 2.46 bits per heavy atom. The van der Waals surface area contributed by atoms with Gasteiger partial charge in [0.2, 0.25) is 11.8 Å². The Morgan fingerprint density at radius 2 is 1.88 bits per heavy atom. The molecule has 0 spiro atoms. The quantitative estimate of drug-likeness (QED) is 0.429. The summed E-state index contributed by atoms with van der Waals surface area (Å²) in [6.45, 7) is 4.39. The number of carbonyl (C=O) groups excluding carboxylic acids is 2. The molecular formula is C18H27N3O5. The molecule has 8 heteroatoms. The number of unbranched alkanes of at least 4 members (excludes halogenated alkanes) is 1. The van der Waals surface area contributed by atoms with Crippen molar-refractivity contribution in [2.45, 2.75) is 51.7 Å². The van der Waals surface area contributed by atoms with Gasteiger partial charge in [0.25, 0.3) is 0 Å². The van der Waals surface area contributed by atoms with Gasteiger partial charge in [-0.3, -0.25) is 14.4 Å². The lowest BCUT2D eigenvalue weighted by Crippen LogP contribution is -2.48. The minimum Gasteiger partial charge on any atom is -0.494 e. The van der Waals surface area contributed by atoms with Crippen LogP contribution in [0.3, 0.4) is 0 Å². The van der Waals surface area contributed by atoms with Crippen LogP contribution in [-0.4, -0.2) is 41.6 Å². The Balaban J connectivity index is 2.37. The van der Waals surface area contributed by atoms with Crippen molar-refractivity contribution in [3.05, 3.63) is 29.8 Å². The van der Waals surface area contributed by atoms with Gasteiger partial charge in [0, 0.05) is 6.54 Å². The Morgan fingerprint density at radius 1 is 1.23 bits per heavy atom. The fourth-order valence-corrected chi connectivity index (χ4v) is 1.99. The second-order valence-corrected chi connectivity index (χ2v) is 6.00. The van der Waals surface area contributed by atoms with Crippen LogP contribution in [0.5, 0.6) is 5.75 Å². The molecule has 26 heavy (non-hydrogen) atoms. The highest BCUT2D eigenvalue weighted by Gasteiger charge is 2.21. The predicted octanol–water partition coefficient (Wildman–Crippen LogP) is 0.788. The molecule has 0 saturated carbocycles. The Hall–Kier alpha value is -2.61. The number of rotatable bonds is 11. The zero-order chi connectivity index (χ0) is 19.5. The first-order valence-corrected chi connectivity index (χ1v) is 8.60. The second kappa shape index (κ2) is 11.1. The van der Waals surface area contributed by atoms with Crippen LogP contribution in [-0.2, 0) is 20.9 Å². The second-order valence-electron chi connectivity index (χ2n) is 6.00. The molecule has 1 rings (SSSR count). The van der Waals surface area contributed by atoms with Crippen molar-refractivity contribution in [1.29, 1.82) is 0 Å². The molecule has 144 valence electrons. The Bertz CT molecular complexity index is 603. The van der Waals surface area contributed by atoms with E-state index in [1.807, 2.05) is 24.3 Å². The van der Waals surface area contributed by atoms with Gasteiger partial charge in [0.1, 0.15) is 11.8 Å². The van der Waals surface area contributed by atoms with Gasteiger partial charge in [-0.15, -0.1) is 0 Å². The zero-order valence-corrected chi connectivity index (χ0v) is 15.2. The summed E-state index contributed by atoms with van der Waals surface area (Å²) in [7, 11) is 0. The van der Waals surface area contributed by atoms with Crippen LogP contribution >= 0.6 is 0 Å². The summed E-state index contributed by atoms with van der Waals surface area (Å²) in [6.07, 6.45) is 1.84. The number of carboxylic acid groups (broad SMARTS) is 1. The summed E-state index contributed by atoms with van der Waals surface area (Å²) >= 11 is 0. The highest BCUT2D eigenvalue weighted by atomic mass is 16.5. The van der Waals surface area contributed by atoms with Crippen LogP contribution in [0.25, 0.3) is 0 Å². The van der Waals surface area contributed by atoms with E-state index >= 15 is 0 Å². The molecule has 0 aliphatic carbocycles. The van der Waals surface area contributed by atoms with Gasteiger partial charge >= 0.3 is 5.97 Å².